The first kappa shape index (κ1) is 19.7. The third-order valence-corrected chi connectivity index (χ3v) is 4.85. The van der Waals surface area contributed by atoms with Gasteiger partial charge in [-0.25, -0.2) is 4.98 Å². The molecular formula is C25H24N2O3. The van der Waals surface area contributed by atoms with E-state index in [2.05, 4.69) is 24.1 Å². The summed E-state index contributed by atoms with van der Waals surface area (Å²) >= 11 is 0. The van der Waals surface area contributed by atoms with E-state index in [1.54, 1.807) is 12.1 Å². The zero-order valence-electron chi connectivity index (χ0n) is 17.3. The Balaban J connectivity index is 1.41. The summed E-state index contributed by atoms with van der Waals surface area (Å²) in [5, 5.41) is 2.85. The van der Waals surface area contributed by atoms with Crippen molar-refractivity contribution in [2.45, 2.75) is 26.7 Å². The second kappa shape index (κ2) is 8.41. The quantitative estimate of drug-likeness (QED) is 0.435. The maximum absolute atomic E-state index is 12.3. The van der Waals surface area contributed by atoms with Gasteiger partial charge in [0.2, 0.25) is 5.89 Å². The van der Waals surface area contributed by atoms with Gasteiger partial charge in [-0.2, -0.15) is 0 Å². The fourth-order valence-electron chi connectivity index (χ4n) is 3.20. The molecule has 3 aromatic carbocycles. The third-order valence-electron chi connectivity index (χ3n) is 4.85. The van der Waals surface area contributed by atoms with E-state index < -0.39 is 0 Å². The Bertz CT molecular complexity index is 1180. The number of carbonyl (C=O) groups excluding carboxylic acids is 1. The van der Waals surface area contributed by atoms with E-state index in [9.17, 15) is 4.79 Å². The number of aromatic nitrogens is 1. The summed E-state index contributed by atoms with van der Waals surface area (Å²) in [5.74, 6) is 1.46. The summed E-state index contributed by atoms with van der Waals surface area (Å²) in [7, 11) is 0. The minimum absolute atomic E-state index is 0.0631. The molecule has 0 aliphatic carbocycles. The van der Waals surface area contributed by atoms with Crippen LogP contribution in [-0.4, -0.2) is 17.5 Å². The number of oxazole rings is 1. The molecule has 30 heavy (non-hydrogen) atoms. The molecule has 0 unspecified atom stereocenters. The molecule has 5 nitrogen and oxygen atoms in total. The lowest BCUT2D eigenvalue weighted by Crippen LogP contribution is -2.20. The number of hydrogen-bond donors (Lipinski definition) is 1. The largest absolute Gasteiger partial charge is 0.484 e. The normalized spacial score (nSPS) is 11.1. The molecule has 0 bridgehead atoms. The molecule has 1 aromatic heterocycles. The molecule has 0 saturated carbocycles. The van der Waals surface area contributed by atoms with E-state index in [0.29, 0.717) is 34.3 Å². The van der Waals surface area contributed by atoms with Crippen LogP contribution >= 0.6 is 0 Å². The second-order valence-corrected chi connectivity index (χ2v) is 7.63. The smallest absolute Gasteiger partial charge is 0.262 e. The first-order valence-electron chi connectivity index (χ1n) is 9.98. The van der Waals surface area contributed by atoms with E-state index in [1.165, 1.54) is 5.56 Å². The van der Waals surface area contributed by atoms with Gasteiger partial charge in [-0.15, -0.1) is 0 Å². The molecule has 4 rings (SSSR count). The summed E-state index contributed by atoms with van der Waals surface area (Å²) < 4.78 is 11.4. The predicted molar refractivity (Wildman–Crippen MR) is 119 cm³/mol. The summed E-state index contributed by atoms with van der Waals surface area (Å²) in [6.07, 6.45) is 0. The molecular weight excluding hydrogens is 376 g/mol. The number of aryl methyl sites for hydroxylation is 1. The minimum atomic E-state index is -0.232. The van der Waals surface area contributed by atoms with Crippen molar-refractivity contribution in [3.05, 3.63) is 77.9 Å². The molecule has 0 fully saturated rings. The average molecular weight is 400 g/mol. The standard InChI is InChI=1S/C25H24N2O3/c1-16(2)18-7-10-21(11-8-18)29-15-24(28)26-20-9-12-23-22(14-20)27-25(30-23)19-6-4-5-17(3)13-19/h4-14,16H,15H2,1-3H3,(H,26,28). The molecule has 1 heterocycles. The Morgan fingerprint density at radius 2 is 1.87 bits per heavy atom. The highest BCUT2D eigenvalue weighted by Crippen LogP contribution is 2.26. The number of nitrogens with zero attached hydrogens (tertiary/aromatic N) is 1. The zero-order valence-corrected chi connectivity index (χ0v) is 17.3. The van der Waals surface area contributed by atoms with Crippen LogP contribution in [0, 0.1) is 6.92 Å². The SMILES string of the molecule is Cc1cccc(-c2nc3cc(NC(=O)COc4ccc(C(C)C)cc4)ccc3o2)c1. The number of ether oxygens (including phenoxy) is 1. The third kappa shape index (κ3) is 4.51. The van der Waals surface area contributed by atoms with Gasteiger partial charge in [-0.1, -0.05) is 43.7 Å². The molecule has 1 N–H and O–H groups in total. The Morgan fingerprint density at radius 1 is 1.07 bits per heavy atom. The fraction of sp³-hybridized carbons (Fsp3) is 0.200. The van der Waals surface area contributed by atoms with Gasteiger partial charge in [0.15, 0.2) is 12.2 Å². The van der Waals surface area contributed by atoms with Crippen molar-refractivity contribution in [1.29, 1.82) is 0 Å². The Morgan fingerprint density at radius 3 is 2.60 bits per heavy atom. The summed E-state index contributed by atoms with van der Waals surface area (Å²) in [6, 6.07) is 21.2. The van der Waals surface area contributed by atoms with Gasteiger partial charge >= 0.3 is 0 Å². The van der Waals surface area contributed by atoms with Crippen molar-refractivity contribution in [1.82, 2.24) is 4.98 Å². The molecule has 0 atom stereocenters. The number of nitrogens with one attached hydrogen (secondary N) is 1. The Hall–Kier alpha value is -3.60. The average Bonchev–Trinajstić information content (AvgIpc) is 3.16. The van der Waals surface area contributed by atoms with Gasteiger partial charge in [0, 0.05) is 11.3 Å². The van der Waals surface area contributed by atoms with Crippen LogP contribution in [-0.2, 0) is 4.79 Å². The lowest BCUT2D eigenvalue weighted by atomic mass is 10.0. The molecule has 5 heteroatoms. The van der Waals surface area contributed by atoms with Crippen LogP contribution in [0.15, 0.2) is 71.1 Å². The molecule has 0 aliphatic rings. The van der Waals surface area contributed by atoms with Gasteiger partial charge in [-0.3, -0.25) is 4.79 Å². The molecule has 152 valence electrons. The summed E-state index contributed by atoms with van der Waals surface area (Å²) in [4.78, 5) is 16.8. The van der Waals surface area contributed by atoms with E-state index in [1.807, 2.05) is 61.5 Å². The highest BCUT2D eigenvalue weighted by Gasteiger charge is 2.11. The van der Waals surface area contributed by atoms with Crippen LogP contribution in [0.2, 0.25) is 0 Å². The highest BCUT2D eigenvalue weighted by atomic mass is 16.5. The zero-order chi connectivity index (χ0) is 21.1. The van der Waals surface area contributed by atoms with Crippen LogP contribution in [0.3, 0.4) is 0 Å². The highest BCUT2D eigenvalue weighted by molar-refractivity contribution is 5.94. The molecule has 0 radical (unpaired) electrons. The maximum atomic E-state index is 12.3. The monoisotopic (exact) mass is 400 g/mol. The lowest BCUT2D eigenvalue weighted by Gasteiger charge is -2.09. The number of amides is 1. The number of carbonyl (C=O) groups is 1. The number of fused-ring (bicyclic) bond motifs is 1. The molecule has 0 saturated heterocycles. The van der Waals surface area contributed by atoms with E-state index in [0.717, 1.165) is 11.1 Å². The van der Waals surface area contributed by atoms with Gasteiger partial charge in [0.1, 0.15) is 11.3 Å². The first-order valence-corrected chi connectivity index (χ1v) is 9.98. The van der Waals surface area contributed by atoms with Crippen LogP contribution in [0.5, 0.6) is 5.75 Å². The van der Waals surface area contributed by atoms with E-state index in [-0.39, 0.29) is 12.5 Å². The van der Waals surface area contributed by atoms with Gasteiger partial charge < -0.3 is 14.5 Å². The summed E-state index contributed by atoms with van der Waals surface area (Å²) in [6.45, 7) is 6.24. The number of rotatable bonds is 6. The number of hydrogen-bond acceptors (Lipinski definition) is 4. The molecule has 1 amide bonds. The Labute approximate surface area is 175 Å². The van der Waals surface area contributed by atoms with Crippen molar-refractivity contribution in [3.8, 4) is 17.2 Å². The van der Waals surface area contributed by atoms with Crippen molar-refractivity contribution < 1.29 is 13.9 Å². The van der Waals surface area contributed by atoms with Crippen LogP contribution in [0.1, 0.15) is 30.9 Å². The van der Waals surface area contributed by atoms with Gasteiger partial charge in [-0.05, 0) is 60.9 Å². The van der Waals surface area contributed by atoms with E-state index >= 15 is 0 Å². The van der Waals surface area contributed by atoms with Gasteiger partial charge in [0.05, 0.1) is 0 Å². The van der Waals surface area contributed by atoms with Crippen LogP contribution < -0.4 is 10.1 Å². The summed E-state index contributed by atoms with van der Waals surface area (Å²) in [5.41, 5.74) is 5.31. The fourth-order valence-corrected chi connectivity index (χ4v) is 3.20. The lowest BCUT2D eigenvalue weighted by molar-refractivity contribution is -0.118. The molecule has 0 spiro atoms. The molecule has 4 aromatic rings. The maximum Gasteiger partial charge on any atom is 0.262 e. The van der Waals surface area contributed by atoms with Crippen molar-refractivity contribution in [3.63, 3.8) is 0 Å². The number of anilines is 1. The van der Waals surface area contributed by atoms with E-state index in [4.69, 9.17) is 9.15 Å². The van der Waals surface area contributed by atoms with Crippen molar-refractivity contribution in [2.24, 2.45) is 0 Å². The van der Waals surface area contributed by atoms with Crippen LogP contribution in [0.25, 0.3) is 22.6 Å². The topological polar surface area (TPSA) is 64.4 Å². The van der Waals surface area contributed by atoms with Crippen LogP contribution in [0.4, 0.5) is 5.69 Å². The first-order chi connectivity index (χ1) is 14.5. The second-order valence-electron chi connectivity index (χ2n) is 7.63. The minimum Gasteiger partial charge on any atom is -0.484 e. The van der Waals surface area contributed by atoms with Crippen molar-refractivity contribution >= 4 is 22.7 Å². The van der Waals surface area contributed by atoms with Gasteiger partial charge in [0.25, 0.3) is 5.91 Å². The van der Waals surface area contributed by atoms with Crippen molar-refractivity contribution in [2.75, 3.05) is 11.9 Å². The Kier molecular flexibility index (Phi) is 5.53. The molecule has 0 aliphatic heterocycles. The predicted octanol–water partition coefficient (Wildman–Crippen LogP) is 5.94. The number of benzene rings is 3.